The highest BCUT2D eigenvalue weighted by molar-refractivity contribution is 14.0. The minimum Gasteiger partial charge on any atom is -0.370 e. The van der Waals surface area contributed by atoms with Crippen molar-refractivity contribution in [3.8, 4) is 0 Å². The third kappa shape index (κ3) is 9.64. The monoisotopic (exact) mass is 356 g/mol. The van der Waals surface area contributed by atoms with Crippen molar-refractivity contribution in [3.63, 3.8) is 0 Å². The highest BCUT2D eigenvalue weighted by Gasteiger charge is 2.12. The maximum absolute atomic E-state index is 5.81. The van der Waals surface area contributed by atoms with Gasteiger partial charge in [0.1, 0.15) is 0 Å². The zero-order chi connectivity index (χ0) is 12.8. The second-order valence-electron chi connectivity index (χ2n) is 5.17. The summed E-state index contributed by atoms with van der Waals surface area (Å²) in [6, 6.07) is 0.440. The molecule has 1 atom stereocenters. The van der Waals surface area contributed by atoms with Crippen LogP contribution in [0.2, 0.25) is 0 Å². The van der Waals surface area contributed by atoms with E-state index in [0.29, 0.717) is 12.0 Å². The van der Waals surface area contributed by atoms with Gasteiger partial charge in [-0.2, -0.15) is 0 Å². The van der Waals surface area contributed by atoms with Crippen LogP contribution in [0, 0.1) is 0 Å². The summed E-state index contributed by atoms with van der Waals surface area (Å²) in [5.74, 6) is 0.534. The number of rotatable bonds is 5. The molecule has 5 heteroatoms. The highest BCUT2D eigenvalue weighted by atomic mass is 127. The van der Waals surface area contributed by atoms with Gasteiger partial charge < -0.3 is 11.1 Å². The SMILES string of the molecule is CCN(CC)C(C)CN=C(N)NC(C)(C)C.I. The van der Waals surface area contributed by atoms with Crippen LogP contribution in [0.4, 0.5) is 0 Å². The molecule has 0 aromatic rings. The Kier molecular flexibility index (Phi) is 10.2. The molecule has 0 spiro atoms. The molecule has 0 fully saturated rings. The van der Waals surface area contributed by atoms with E-state index in [1.807, 2.05) is 0 Å². The first kappa shape index (κ1) is 19.3. The van der Waals surface area contributed by atoms with Crippen LogP contribution in [0.1, 0.15) is 41.5 Å². The highest BCUT2D eigenvalue weighted by Crippen LogP contribution is 2.00. The van der Waals surface area contributed by atoms with Crippen molar-refractivity contribution < 1.29 is 0 Å². The Morgan fingerprint density at radius 1 is 1.29 bits per heavy atom. The van der Waals surface area contributed by atoms with Crippen LogP contribution >= 0.6 is 24.0 Å². The van der Waals surface area contributed by atoms with Crippen LogP contribution in [0.25, 0.3) is 0 Å². The maximum atomic E-state index is 5.81. The van der Waals surface area contributed by atoms with Crippen LogP contribution in [0.3, 0.4) is 0 Å². The Morgan fingerprint density at radius 2 is 1.76 bits per heavy atom. The summed E-state index contributed by atoms with van der Waals surface area (Å²) in [6.45, 7) is 15.6. The van der Waals surface area contributed by atoms with E-state index in [0.717, 1.165) is 19.6 Å². The van der Waals surface area contributed by atoms with E-state index in [4.69, 9.17) is 5.73 Å². The Labute approximate surface area is 123 Å². The molecule has 0 heterocycles. The first-order valence-corrected chi connectivity index (χ1v) is 6.12. The van der Waals surface area contributed by atoms with E-state index >= 15 is 0 Å². The number of aliphatic imine (C=N–C) groups is 1. The van der Waals surface area contributed by atoms with Crippen molar-refractivity contribution in [1.82, 2.24) is 10.2 Å². The lowest BCUT2D eigenvalue weighted by molar-refractivity contribution is 0.237. The van der Waals surface area contributed by atoms with Crippen LogP contribution in [-0.2, 0) is 0 Å². The van der Waals surface area contributed by atoms with Crippen molar-refractivity contribution in [3.05, 3.63) is 0 Å². The fraction of sp³-hybridized carbons (Fsp3) is 0.917. The molecule has 1 unspecified atom stereocenters. The molecule has 0 aliphatic rings. The zero-order valence-electron chi connectivity index (χ0n) is 12.1. The molecule has 0 radical (unpaired) electrons. The number of nitrogens with one attached hydrogen (secondary N) is 1. The second kappa shape index (κ2) is 8.97. The van der Waals surface area contributed by atoms with Gasteiger partial charge in [0.25, 0.3) is 0 Å². The van der Waals surface area contributed by atoms with Gasteiger partial charge >= 0.3 is 0 Å². The van der Waals surface area contributed by atoms with Gasteiger partial charge in [0.15, 0.2) is 5.96 Å². The topological polar surface area (TPSA) is 53.6 Å². The minimum atomic E-state index is -0.0218. The average molecular weight is 356 g/mol. The summed E-state index contributed by atoms with van der Waals surface area (Å²) in [5, 5.41) is 3.16. The van der Waals surface area contributed by atoms with Gasteiger partial charge in [0.05, 0.1) is 6.54 Å². The van der Waals surface area contributed by atoms with Crippen LogP contribution in [0.15, 0.2) is 4.99 Å². The molecule has 0 aromatic carbocycles. The summed E-state index contributed by atoms with van der Waals surface area (Å²) in [6.07, 6.45) is 0. The van der Waals surface area contributed by atoms with Gasteiger partial charge in [-0.15, -0.1) is 24.0 Å². The van der Waals surface area contributed by atoms with E-state index < -0.39 is 0 Å². The number of hydrogen-bond acceptors (Lipinski definition) is 2. The van der Waals surface area contributed by atoms with Crippen molar-refractivity contribution in [2.45, 2.75) is 53.1 Å². The third-order valence-corrected chi connectivity index (χ3v) is 2.46. The summed E-state index contributed by atoms with van der Waals surface area (Å²) in [7, 11) is 0. The first-order valence-electron chi connectivity index (χ1n) is 6.12. The summed E-state index contributed by atoms with van der Waals surface area (Å²) >= 11 is 0. The van der Waals surface area contributed by atoms with Gasteiger partial charge in [-0.3, -0.25) is 9.89 Å². The molecule has 0 saturated heterocycles. The Balaban J connectivity index is 0. The number of hydrogen-bond donors (Lipinski definition) is 2. The molecule has 3 N–H and O–H groups in total. The van der Waals surface area contributed by atoms with Crippen LogP contribution in [-0.4, -0.2) is 42.1 Å². The lowest BCUT2D eigenvalue weighted by atomic mass is 10.1. The van der Waals surface area contributed by atoms with Crippen molar-refractivity contribution in [2.75, 3.05) is 19.6 Å². The fourth-order valence-electron chi connectivity index (χ4n) is 1.62. The predicted molar refractivity (Wildman–Crippen MR) is 87.2 cm³/mol. The number of nitrogens with zero attached hydrogens (tertiary/aromatic N) is 2. The van der Waals surface area contributed by atoms with Crippen molar-refractivity contribution in [1.29, 1.82) is 0 Å². The molecular weight excluding hydrogens is 327 g/mol. The zero-order valence-corrected chi connectivity index (χ0v) is 14.4. The average Bonchev–Trinajstić information content (AvgIpc) is 2.14. The normalized spacial score (nSPS) is 14.4. The fourth-order valence-corrected chi connectivity index (χ4v) is 1.62. The first-order chi connectivity index (χ1) is 7.30. The van der Waals surface area contributed by atoms with E-state index in [9.17, 15) is 0 Å². The smallest absolute Gasteiger partial charge is 0.189 e. The molecule has 4 nitrogen and oxygen atoms in total. The molecule has 0 aliphatic heterocycles. The molecule has 0 aromatic heterocycles. The molecule has 0 saturated carbocycles. The lowest BCUT2D eigenvalue weighted by Gasteiger charge is -2.26. The number of guanidine groups is 1. The second-order valence-corrected chi connectivity index (χ2v) is 5.17. The standard InChI is InChI=1S/C12H28N4.HI/c1-7-16(8-2)10(3)9-14-11(13)15-12(4,5)6;/h10H,7-9H2,1-6H3,(H3,13,14,15);1H. The summed E-state index contributed by atoms with van der Waals surface area (Å²) in [5.41, 5.74) is 5.79. The molecule has 0 bridgehead atoms. The van der Waals surface area contributed by atoms with E-state index in [2.05, 4.69) is 56.8 Å². The number of likely N-dealkylation sites (N-methyl/N-ethyl adjacent to an activating group) is 1. The van der Waals surface area contributed by atoms with Crippen molar-refractivity contribution in [2.24, 2.45) is 10.7 Å². The van der Waals surface area contributed by atoms with E-state index in [-0.39, 0.29) is 29.5 Å². The Bertz CT molecular complexity index is 219. The Hall–Kier alpha value is -0.0400. The van der Waals surface area contributed by atoms with Gasteiger partial charge in [-0.25, -0.2) is 0 Å². The molecule has 0 aliphatic carbocycles. The quantitative estimate of drug-likeness (QED) is 0.450. The molecular formula is C12H29IN4. The van der Waals surface area contributed by atoms with Crippen molar-refractivity contribution >= 4 is 29.9 Å². The Morgan fingerprint density at radius 3 is 2.12 bits per heavy atom. The summed E-state index contributed by atoms with van der Waals surface area (Å²) in [4.78, 5) is 6.74. The lowest BCUT2D eigenvalue weighted by Crippen LogP contribution is -2.45. The maximum Gasteiger partial charge on any atom is 0.189 e. The van der Waals surface area contributed by atoms with Gasteiger partial charge in [0.2, 0.25) is 0 Å². The van der Waals surface area contributed by atoms with E-state index in [1.165, 1.54) is 0 Å². The largest absolute Gasteiger partial charge is 0.370 e. The summed E-state index contributed by atoms with van der Waals surface area (Å²) < 4.78 is 0. The number of nitrogens with two attached hydrogens (primary N) is 1. The molecule has 0 rings (SSSR count). The molecule has 104 valence electrons. The van der Waals surface area contributed by atoms with Gasteiger partial charge in [-0.1, -0.05) is 13.8 Å². The van der Waals surface area contributed by atoms with Gasteiger partial charge in [0, 0.05) is 11.6 Å². The van der Waals surface area contributed by atoms with Crippen LogP contribution in [0.5, 0.6) is 0 Å². The minimum absolute atomic E-state index is 0. The predicted octanol–water partition coefficient (Wildman–Crippen LogP) is 2.04. The third-order valence-electron chi connectivity index (χ3n) is 2.46. The van der Waals surface area contributed by atoms with Crippen LogP contribution < -0.4 is 11.1 Å². The van der Waals surface area contributed by atoms with Gasteiger partial charge in [-0.05, 0) is 40.8 Å². The van der Waals surface area contributed by atoms with E-state index in [1.54, 1.807) is 0 Å². The molecule has 0 amide bonds. The molecule has 17 heavy (non-hydrogen) atoms. The number of halogens is 1.